The van der Waals surface area contributed by atoms with Gasteiger partial charge in [-0.2, -0.15) is 0 Å². The molecule has 11 aromatic carbocycles. The summed E-state index contributed by atoms with van der Waals surface area (Å²) in [5.41, 5.74) is 21.4. The van der Waals surface area contributed by atoms with E-state index in [9.17, 15) is 0 Å². The largest absolute Gasteiger partial charge is 0.307 e. The second-order valence-corrected chi connectivity index (χ2v) is 19.1. The van der Waals surface area contributed by atoms with Crippen LogP contribution in [-0.2, 0) is 10.8 Å². The Kier molecular flexibility index (Phi) is 8.24. The van der Waals surface area contributed by atoms with Crippen LogP contribution >= 0.6 is 0 Å². The SMILES string of the molecule is c1ccc(-n2c3ccc(C4(c5ccccc5)c5ccccc5-c5ccccc54)cc3c3ccc4c5cc(C6(c7ccccc7)c7ccccc7-c7ccccc76)ccc5n(-c5ccccc5)c4c32)cc1. The highest BCUT2D eigenvalue weighted by atomic mass is 15.0. The highest BCUT2D eigenvalue weighted by molar-refractivity contribution is 6.24. The maximum atomic E-state index is 2.52. The molecule has 13 aromatic rings. The highest BCUT2D eigenvalue weighted by Crippen LogP contribution is 2.58. The molecule has 0 saturated heterocycles. The third-order valence-corrected chi connectivity index (χ3v) is 15.9. The van der Waals surface area contributed by atoms with Crippen molar-refractivity contribution in [3.8, 4) is 33.6 Å². The lowest BCUT2D eigenvalue weighted by Crippen LogP contribution is -2.28. The number of hydrogen-bond donors (Lipinski definition) is 0. The standard InChI is InChI=1S/C68H44N2/c1-5-21-45(22-6-1)67(59-33-17-13-29-51(59)52-30-14-18-34-60(52)67)47-37-41-63-57(43-47)55-39-40-56-58-44-48(68(46-23-7-2-8-24-46)61-35-19-15-31-53(61)54-32-16-20-36-62(54)68)38-42-64(58)70(50-27-11-4-12-28-50)66(56)65(55)69(63)49-25-9-3-10-26-49/h1-44H. The summed E-state index contributed by atoms with van der Waals surface area (Å²) in [5.74, 6) is 0. The molecule has 0 atom stereocenters. The van der Waals surface area contributed by atoms with Gasteiger partial charge in [-0.15, -0.1) is 0 Å². The smallest absolute Gasteiger partial charge is 0.0788 e. The molecule has 0 N–H and O–H groups in total. The maximum Gasteiger partial charge on any atom is 0.0788 e. The molecule has 2 nitrogen and oxygen atoms in total. The van der Waals surface area contributed by atoms with E-state index in [0.717, 1.165) is 11.4 Å². The summed E-state index contributed by atoms with van der Waals surface area (Å²) in [5, 5.41) is 4.89. The lowest BCUT2D eigenvalue weighted by Gasteiger charge is -2.34. The molecule has 2 aliphatic carbocycles. The molecule has 0 saturated carbocycles. The Hall–Kier alpha value is -8.98. The summed E-state index contributed by atoms with van der Waals surface area (Å²) < 4.78 is 5.05. The van der Waals surface area contributed by atoms with Gasteiger partial charge in [0, 0.05) is 32.9 Å². The van der Waals surface area contributed by atoms with E-state index in [4.69, 9.17) is 0 Å². The fraction of sp³-hybridized carbons (Fsp3) is 0.0294. The second kappa shape index (κ2) is 14.8. The molecule has 70 heavy (non-hydrogen) atoms. The number of aromatic nitrogens is 2. The summed E-state index contributed by atoms with van der Waals surface area (Å²) >= 11 is 0. The summed E-state index contributed by atoms with van der Waals surface area (Å²) in [6.07, 6.45) is 0. The maximum absolute atomic E-state index is 2.52. The lowest BCUT2D eigenvalue weighted by molar-refractivity contribution is 0.770. The van der Waals surface area contributed by atoms with E-state index in [1.54, 1.807) is 0 Å². The Morgan fingerprint density at radius 3 is 0.871 bits per heavy atom. The molecule has 0 unspecified atom stereocenters. The molecular weight excluding hydrogens is 845 g/mol. The average Bonchev–Trinajstić information content (AvgIpc) is 4.15. The van der Waals surface area contributed by atoms with E-state index < -0.39 is 10.8 Å². The molecule has 2 heterocycles. The van der Waals surface area contributed by atoms with Crippen molar-refractivity contribution in [3.63, 3.8) is 0 Å². The minimum atomic E-state index is -0.518. The van der Waals surface area contributed by atoms with Gasteiger partial charge in [-0.1, -0.05) is 218 Å². The van der Waals surface area contributed by atoms with Gasteiger partial charge < -0.3 is 9.13 Å². The van der Waals surface area contributed by atoms with Crippen LogP contribution in [0.15, 0.2) is 267 Å². The van der Waals surface area contributed by atoms with Crippen LogP contribution in [0.25, 0.3) is 77.2 Å². The van der Waals surface area contributed by atoms with Crippen LogP contribution in [0.2, 0.25) is 0 Å². The third-order valence-electron chi connectivity index (χ3n) is 15.9. The Morgan fingerprint density at radius 2 is 0.529 bits per heavy atom. The van der Waals surface area contributed by atoms with Crippen molar-refractivity contribution in [1.29, 1.82) is 0 Å². The summed E-state index contributed by atoms with van der Waals surface area (Å²) in [7, 11) is 0. The Balaban J connectivity index is 1.07. The summed E-state index contributed by atoms with van der Waals surface area (Å²) in [4.78, 5) is 0. The van der Waals surface area contributed by atoms with E-state index >= 15 is 0 Å². The van der Waals surface area contributed by atoms with Crippen molar-refractivity contribution in [2.75, 3.05) is 0 Å². The molecule has 326 valence electrons. The van der Waals surface area contributed by atoms with Crippen LogP contribution in [0, 0.1) is 0 Å². The zero-order chi connectivity index (χ0) is 46.0. The zero-order valence-corrected chi connectivity index (χ0v) is 38.3. The van der Waals surface area contributed by atoms with Gasteiger partial charge in [0.2, 0.25) is 0 Å². The fourth-order valence-electron chi connectivity index (χ4n) is 13.2. The lowest BCUT2D eigenvalue weighted by atomic mass is 9.67. The van der Waals surface area contributed by atoms with Gasteiger partial charge >= 0.3 is 0 Å². The van der Waals surface area contributed by atoms with Crippen molar-refractivity contribution >= 4 is 43.6 Å². The third kappa shape index (κ3) is 5.07. The summed E-state index contributed by atoms with van der Waals surface area (Å²) in [6.45, 7) is 0. The van der Waals surface area contributed by atoms with Crippen molar-refractivity contribution < 1.29 is 0 Å². The topological polar surface area (TPSA) is 9.86 Å². The molecule has 2 aromatic heterocycles. The molecular formula is C68H44N2. The average molecular weight is 889 g/mol. The molecule has 0 spiro atoms. The van der Waals surface area contributed by atoms with Crippen molar-refractivity contribution in [2.45, 2.75) is 10.8 Å². The first-order chi connectivity index (χ1) is 34.8. The van der Waals surface area contributed by atoms with E-state index in [0.29, 0.717) is 0 Å². The van der Waals surface area contributed by atoms with Gasteiger partial charge in [0.15, 0.2) is 0 Å². The van der Waals surface area contributed by atoms with Crippen LogP contribution < -0.4 is 0 Å². The van der Waals surface area contributed by atoms with E-state index in [-0.39, 0.29) is 0 Å². The minimum Gasteiger partial charge on any atom is -0.307 e. The zero-order valence-electron chi connectivity index (χ0n) is 38.3. The fourth-order valence-corrected chi connectivity index (χ4v) is 13.2. The number of hydrogen-bond acceptors (Lipinski definition) is 0. The number of para-hydroxylation sites is 2. The predicted octanol–water partition coefficient (Wildman–Crippen LogP) is 16.6. The number of fused-ring (bicyclic) bond motifs is 13. The first-order valence-corrected chi connectivity index (χ1v) is 24.4. The monoisotopic (exact) mass is 888 g/mol. The molecule has 15 rings (SSSR count). The van der Waals surface area contributed by atoms with Gasteiger partial charge in [-0.25, -0.2) is 0 Å². The molecule has 0 radical (unpaired) electrons. The van der Waals surface area contributed by atoms with Gasteiger partial charge in [0.05, 0.1) is 32.9 Å². The van der Waals surface area contributed by atoms with Crippen LogP contribution in [0.1, 0.15) is 44.5 Å². The van der Waals surface area contributed by atoms with Gasteiger partial charge in [-0.3, -0.25) is 0 Å². The van der Waals surface area contributed by atoms with Gasteiger partial charge in [0.1, 0.15) is 0 Å². The first kappa shape index (κ1) is 39.1. The highest BCUT2D eigenvalue weighted by Gasteiger charge is 2.47. The predicted molar refractivity (Wildman–Crippen MR) is 290 cm³/mol. The van der Waals surface area contributed by atoms with Gasteiger partial charge in [-0.05, 0) is 115 Å². The molecule has 2 heteroatoms. The van der Waals surface area contributed by atoms with E-state index in [1.165, 1.54) is 110 Å². The first-order valence-electron chi connectivity index (χ1n) is 24.4. The van der Waals surface area contributed by atoms with Crippen LogP contribution in [0.3, 0.4) is 0 Å². The quantitative estimate of drug-likeness (QED) is 0.157. The van der Waals surface area contributed by atoms with Crippen molar-refractivity contribution in [1.82, 2.24) is 9.13 Å². The number of nitrogens with zero attached hydrogens (tertiary/aromatic N) is 2. The molecule has 0 fully saturated rings. The van der Waals surface area contributed by atoms with Crippen molar-refractivity contribution in [2.24, 2.45) is 0 Å². The van der Waals surface area contributed by atoms with E-state index in [2.05, 4.69) is 276 Å². The normalized spacial score (nSPS) is 13.9. The summed E-state index contributed by atoms with van der Waals surface area (Å²) in [6, 6.07) is 99.8. The van der Waals surface area contributed by atoms with Crippen LogP contribution in [0.5, 0.6) is 0 Å². The number of benzene rings is 11. The molecule has 0 aliphatic heterocycles. The Bertz CT molecular complexity index is 3850. The van der Waals surface area contributed by atoms with Gasteiger partial charge in [0.25, 0.3) is 0 Å². The minimum absolute atomic E-state index is 0.518. The van der Waals surface area contributed by atoms with E-state index in [1.807, 2.05) is 0 Å². The number of rotatable bonds is 6. The van der Waals surface area contributed by atoms with Crippen LogP contribution in [-0.4, -0.2) is 9.13 Å². The molecule has 0 bridgehead atoms. The second-order valence-electron chi connectivity index (χ2n) is 19.1. The molecule has 0 amide bonds. The van der Waals surface area contributed by atoms with Crippen molar-refractivity contribution in [3.05, 3.63) is 311 Å². The Labute approximate surface area is 406 Å². The Morgan fingerprint density at radius 1 is 0.229 bits per heavy atom. The molecule has 2 aliphatic rings. The van der Waals surface area contributed by atoms with Crippen LogP contribution in [0.4, 0.5) is 0 Å².